The quantitative estimate of drug-likeness (QED) is 0.615. The smallest absolute Gasteiger partial charge is 0.265 e. The molecule has 2 N–H and O–H groups in total. The minimum Gasteiger partial charge on any atom is -0.493 e. The van der Waals surface area contributed by atoms with Crippen LogP contribution in [0.15, 0.2) is 46.9 Å². The fourth-order valence-electron chi connectivity index (χ4n) is 4.01. The van der Waals surface area contributed by atoms with Crippen molar-refractivity contribution in [2.24, 2.45) is 11.7 Å². The molecule has 2 aliphatic rings. The number of halogens is 1. The molecule has 0 bridgehead atoms. The molecule has 3 unspecified atom stereocenters. The van der Waals surface area contributed by atoms with Gasteiger partial charge in [0.15, 0.2) is 17.6 Å². The van der Waals surface area contributed by atoms with E-state index in [9.17, 15) is 14.4 Å². The van der Waals surface area contributed by atoms with Crippen LogP contribution in [-0.4, -0.2) is 49.7 Å². The Morgan fingerprint density at radius 2 is 1.74 bits per heavy atom. The second-order valence-corrected chi connectivity index (χ2v) is 8.06. The Hall–Kier alpha value is -2.95. The van der Waals surface area contributed by atoms with Gasteiger partial charge in [0.05, 0.1) is 31.9 Å². The Morgan fingerprint density at radius 3 is 2.35 bits per heavy atom. The summed E-state index contributed by atoms with van der Waals surface area (Å²) >= 11 is 3.34. The van der Waals surface area contributed by atoms with E-state index in [1.54, 1.807) is 42.5 Å². The molecule has 0 spiro atoms. The molecule has 2 heterocycles. The lowest BCUT2D eigenvalue weighted by Gasteiger charge is -2.26. The molecule has 2 aromatic carbocycles. The lowest BCUT2D eigenvalue weighted by Crippen LogP contribution is -2.40. The number of carbonyl (C=O) groups excluding carboxylic acids is 3. The topological polar surface area (TPSA) is 111 Å². The second-order valence-electron chi connectivity index (χ2n) is 7.14. The second kappa shape index (κ2) is 8.29. The van der Waals surface area contributed by atoms with Crippen molar-refractivity contribution in [3.63, 3.8) is 0 Å². The van der Waals surface area contributed by atoms with Crippen LogP contribution in [0.1, 0.15) is 11.6 Å². The molecule has 162 valence electrons. The van der Waals surface area contributed by atoms with Crippen LogP contribution in [0.2, 0.25) is 0 Å². The van der Waals surface area contributed by atoms with E-state index in [0.717, 1.165) is 9.37 Å². The van der Waals surface area contributed by atoms with Gasteiger partial charge in [-0.05, 0) is 42.0 Å². The highest BCUT2D eigenvalue weighted by Gasteiger charge is 2.60. The number of benzene rings is 2. The number of hydrogen-bond acceptors (Lipinski definition) is 7. The molecular weight excluding hydrogens is 470 g/mol. The molecular formula is C21H20BrN3O6. The number of hydrogen-bond donors (Lipinski definition) is 1. The molecule has 4 rings (SSSR count). The van der Waals surface area contributed by atoms with Gasteiger partial charge in [0.1, 0.15) is 6.54 Å². The van der Waals surface area contributed by atoms with Gasteiger partial charge in [0.2, 0.25) is 11.8 Å². The third kappa shape index (κ3) is 3.67. The predicted molar refractivity (Wildman–Crippen MR) is 113 cm³/mol. The number of fused-ring (bicyclic) bond motifs is 1. The average Bonchev–Trinajstić information content (AvgIpc) is 3.23. The summed E-state index contributed by atoms with van der Waals surface area (Å²) in [4.78, 5) is 45.0. The molecule has 3 amide bonds. The van der Waals surface area contributed by atoms with Crippen molar-refractivity contribution in [3.05, 3.63) is 52.5 Å². The Labute approximate surface area is 186 Å². The number of primary amides is 1. The van der Waals surface area contributed by atoms with Crippen LogP contribution in [0, 0.1) is 5.92 Å². The normalized spacial score (nSPS) is 23.2. The fraction of sp³-hybridized carbons (Fsp3) is 0.286. The Kier molecular flexibility index (Phi) is 5.69. The molecule has 0 radical (unpaired) electrons. The molecule has 0 aromatic heterocycles. The van der Waals surface area contributed by atoms with Gasteiger partial charge in [-0.1, -0.05) is 22.0 Å². The molecule has 2 aromatic rings. The van der Waals surface area contributed by atoms with Crippen molar-refractivity contribution in [3.8, 4) is 11.5 Å². The first-order valence-electron chi connectivity index (χ1n) is 9.42. The van der Waals surface area contributed by atoms with Crippen LogP contribution >= 0.6 is 15.9 Å². The van der Waals surface area contributed by atoms with Gasteiger partial charge in [-0.25, -0.2) is 4.90 Å². The van der Waals surface area contributed by atoms with Gasteiger partial charge < -0.3 is 15.2 Å². The van der Waals surface area contributed by atoms with E-state index in [0.29, 0.717) is 22.7 Å². The first-order chi connectivity index (χ1) is 14.8. The SMILES string of the molecule is COc1ccc(C2C3C(=O)N(c4ccc(Br)cc4)C(=O)C3ON2CC(N)=O)cc1OC. The average molecular weight is 490 g/mol. The van der Waals surface area contributed by atoms with Crippen molar-refractivity contribution in [2.45, 2.75) is 12.1 Å². The van der Waals surface area contributed by atoms with E-state index in [1.807, 2.05) is 0 Å². The van der Waals surface area contributed by atoms with Crippen LogP contribution in [0.4, 0.5) is 5.69 Å². The number of nitrogens with zero attached hydrogens (tertiary/aromatic N) is 2. The Balaban J connectivity index is 1.75. The van der Waals surface area contributed by atoms with Crippen LogP contribution in [0.5, 0.6) is 11.5 Å². The molecule has 31 heavy (non-hydrogen) atoms. The van der Waals surface area contributed by atoms with Crippen LogP contribution in [0.3, 0.4) is 0 Å². The maximum Gasteiger partial charge on any atom is 0.265 e. The van der Waals surface area contributed by atoms with Gasteiger partial charge >= 0.3 is 0 Å². The van der Waals surface area contributed by atoms with Gasteiger partial charge in [0.25, 0.3) is 5.91 Å². The number of imide groups is 1. The predicted octanol–water partition coefficient (Wildman–Crippen LogP) is 1.80. The summed E-state index contributed by atoms with van der Waals surface area (Å²) in [5.74, 6) is -1.44. The Bertz CT molecular complexity index is 1040. The minimum absolute atomic E-state index is 0.273. The summed E-state index contributed by atoms with van der Waals surface area (Å²) < 4.78 is 11.5. The molecule has 10 heteroatoms. The fourth-order valence-corrected chi connectivity index (χ4v) is 4.28. The number of anilines is 1. The number of ether oxygens (including phenoxy) is 2. The van der Waals surface area contributed by atoms with Gasteiger partial charge in [-0.2, -0.15) is 5.06 Å². The Morgan fingerprint density at radius 1 is 1.06 bits per heavy atom. The highest BCUT2D eigenvalue weighted by atomic mass is 79.9. The highest BCUT2D eigenvalue weighted by molar-refractivity contribution is 9.10. The van der Waals surface area contributed by atoms with E-state index in [-0.39, 0.29) is 6.54 Å². The summed E-state index contributed by atoms with van der Waals surface area (Å²) in [5.41, 5.74) is 6.45. The zero-order valence-corrected chi connectivity index (χ0v) is 18.4. The zero-order valence-electron chi connectivity index (χ0n) is 16.8. The maximum absolute atomic E-state index is 13.4. The van der Waals surface area contributed by atoms with Crippen molar-refractivity contribution >= 4 is 39.3 Å². The minimum atomic E-state index is -1.06. The number of methoxy groups -OCH3 is 2. The highest BCUT2D eigenvalue weighted by Crippen LogP contribution is 2.46. The standard InChI is InChI=1S/C21H20BrN3O6/c1-29-14-8-3-11(9-15(14)30-2)18-17-19(31-24(18)10-16(23)26)21(28)25(20(17)27)13-6-4-12(22)5-7-13/h3-9,17-19H,10H2,1-2H3,(H2,23,26). The molecule has 0 saturated carbocycles. The number of rotatable bonds is 6. The lowest BCUT2D eigenvalue weighted by molar-refractivity contribution is -0.175. The van der Waals surface area contributed by atoms with Crippen molar-refractivity contribution < 1.29 is 28.7 Å². The van der Waals surface area contributed by atoms with Crippen LogP contribution < -0.4 is 20.1 Å². The van der Waals surface area contributed by atoms with E-state index in [2.05, 4.69) is 15.9 Å². The third-order valence-electron chi connectivity index (χ3n) is 5.34. The third-order valence-corrected chi connectivity index (χ3v) is 5.87. The zero-order chi connectivity index (χ0) is 22.3. The number of carbonyl (C=O) groups is 3. The molecule has 2 aliphatic heterocycles. The van der Waals surface area contributed by atoms with E-state index >= 15 is 0 Å². The molecule has 9 nitrogen and oxygen atoms in total. The maximum atomic E-state index is 13.4. The number of hydroxylamine groups is 2. The molecule has 3 atom stereocenters. The molecule has 0 aliphatic carbocycles. The van der Waals surface area contributed by atoms with Crippen LogP contribution in [-0.2, 0) is 19.2 Å². The summed E-state index contributed by atoms with van der Waals surface area (Å²) in [6, 6.07) is 11.3. The molecule has 2 fully saturated rings. The van der Waals surface area contributed by atoms with Crippen molar-refractivity contribution in [1.29, 1.82) is 0 Å². The summed E-state index contributed by atoms with van der Waals surface area (Å²) in [7, 11) is 3.01. The lowest BCUT2D eigenvalue weighted by atomic mass is 9.90. The number of amides is 3. The molecule has 2 saturated heterocycles. The summed E-state index contributed by atoms with van der Waals surface area (Å²) in [6.07, 6.45) is -1.06. The number of nitrogens with two attached hydrogens (primary N) is 1. The van der Waals surface area contributed by atoms with Crippen LogP contribution in [0.25, 0.3) is 0 Å². The van der Waals surface area contributed by atoms with Crippen molar-refractivity contribution in [2.75, 3.05) is 25.7 Å². The van der Waals surface area contributed by atoms with Crippen molar-refractivity contribution in [1.82, 2.24) is 5.06 Å². The van der Waals surface area contributed by atoms with E-state index < -0.39 is 35.8 Å². The summed E-state index contributed by atoms with van der Waals surface area (Å²) in [6.45, 7) is -0.273. The van der Waals surface area contributed by atoms with Gasteiger partial charge in [-0.15, -0.1) is 0 Å². The largest absolute Gasteiger partial charge is 0.493 e. The van der Waals surface area contributed by atoms with Gasteiger partial charge in [0, 0.05) is 4.47 Å². The first-order valence-corrected chi connectivity index (χ1v) is 10.2. The van der Waals surface area contributed by atoms with E-state index in [1.165, 1.54) is 19.3 Å². The first kappa shape index (κ1) is 21.3. The monoisotopic (exact) mass is 489 g/mol. The van der Waals surface area contributed by atoms with Gasteiger partial charge in [-0.3, -0.25) is 19.2 Å². The summed E-state index contributed by atoms with van der Waals surface area (Å²) in [5, 5.41) is 1.30. The van der Waals surface area contributed by atoms with E-state index in [4.69, 9.17) is 20.0 Å².